The van der Waals surface area contributed by atoms with Crippen LogP contribution in [0.3, 0.4) is 0 Å². The van der Waals surface area contributed by atoms with Crippen molar-refractivity contribution >= 4 is 15.9 Å². The Kier molecular flexibility index (Phi) is 7.90. The zero-order chi connectivity index (χ0) is 4.99. The van der Waals surface area contributed by atoms with Crippen LogP contribution in [0.25, 0.3) is 0 Å². The van der Waals surface area contributed by atoms with E-state index in [1.165, 1.54) is 6.08 Å². The number of carboxylic acids is 1. The van der Waals surface area contributed by atoms with Crippen LogP contribution in [-0.4, -0.2) is 11.1 Å². The van der Waals surface area contributed by atoms with E-state index < -0.39 is 5.97 Å². The molecule has 0 aromatic heterocycles. The monoisotopic (exact) mass is 120 g/mol. The molecular weight excluding hydrogens is 111 g/mol. The summed E-state index contributed by atoms with van der Waals surface area (Å²) in [4.78, 5) is 9.51. The van der Waals surface area contributed by atoms with E-state index in [-0.39, 0.29) is 9.90 Å². The minimum atomic E-state index is -0.891. The first-order valence-electron chi connectivity index (χ1n) is 1.63. The molecule has 0 bridgehead atoms. The molecule has 1 atom stereocenters. The van der Waals surface area contributed by atoms with Gasteiger partial charge in [-0.25, -0.2) is 4.79 Å². The van der Waals surface area contributed by atoms with Crippen LogP contribution in [0.5, 0.6) is 0 Å². The van der Waals surface area contributed by atoms with E-state index in [4.69, 9.17) is 5.11 Å². The van der Waals surface area contributed by atoms with Gasteiger partial charge in [0, 0.05) is 6.08 Å². The molecule has 0 aliphatic rings. The molecule has 0 saturated heterocycles. The molecule has 0 spiro atoms. The maximum atomic E-state index is 9.51. The summed E-state index contributed by atoms with van der Waals surface area (Å²) in [6.45, 7) is 1.66. The van der Waals surface area contributed by atoms with E-state index in [0.29, 0.717) is 0 Å². The van der Waals surface area contributed by atoms with Crippen molar-refractivity contribution in [1.29, 1.82) is 0 Å². The van der Waals surface area contributed by atoms with Gasteiger partial charge < -0.3 is 5.11 Å². The van der Waals surface area contributed by atoms with Crippen LogP contribution >= 0.6 is 9.90 Å². The van der Waals surface area contributed by atoms with Gasteiger partial charge in [-0.05, 0) is 6.92 Å². The minimum absolute atomic E-state index is 0. The standard InChI is InChI=1S/C4H6O2.H3P/c1-2-3-4(5)6;/h2-3H,1H3,(H,5,6);1H3/b3-2+;. The van der Waals surface area contributed by atoms with Crippen LogP contribution in [0, 0.1) is 0 Å². The molecule has 1 unspecified atom stereocenters. The van der Waals surface area contributed by atoms with Gasteiger partial charge in [0.2, 0.25) is 0 Å². The van der Waals surface area contributed by atoms with Gasteiger partial charge in [0.25, 0.3) is 0 Å². The molecule has 0 fully saturated rings. The second-order valence-electron chi connectivity index (χ2n) is 0.838. The number of carboxylic acid groups (broad SMARTS) is 1. The summed E-state index contributed by atoms with van der Waals surface area (Å²) in [5, 5.41) is 7.83. The molecular formula is C4H9O2P. The van der Waals surface area contributed by atoms with Gasteiger partial charge in [0.05, 0.1) is 0 Å². The largest absolute Gasteiger partial charge is 0.478 e. The summed E-state index contributed by atoms with van der Waals surface area (Å²) in [5.41, 5.74) is 0. The average molecular weight is 120 g/mol. The Morgan fingerprint density at radius 1 is 1.71 bits per heavy atom. The van der Waals surface area contributed by atoms with Gasteiger partial charge in [-0.1, -0.05) is 6.08 Å². The first kappa shape index (κ1) is 9.81. The maximum Gasteiger partial charge on any atom is 0.327 e. The van der Waals surface area contributed by atoms with Crippen molar-refractivity contribution in [3.05, 3.63) is 12.2 Å². The number of carbonyl (C=O) groups is 1. The first-order chi connectivity index (χ1) is 2.77. The molecule has 0 aliphatic carbocycles. The molecule has 0 aromatic rings. The minimum Gasteiger partial charge on any atom is -0.478 e. The van der Waals surface area contributed by atoms with Crippen molar-refractivity contribution in [3.8, 4) is 0 Å². The van der Waals surface area contributed by atoms with Crippen molar-refractivity contribution in [3.63, 3.8) is 0 Å². The van der Waals surface area contributed by atoms with Crippen molar-refractivity contribution < 1.29 is 9.90 Å². The molecule has 0 aromatic carbocycles. The normalized spacial score (nSPS) is 8.14. The molecule has 1 N–H and O–H groups in total. The van der Waals surface area contributed by atoms with Crippen LogP contribution in [-0.2, 0) is 4.79 Å². The Hall–Kier alpha value is -0.360. The third-order valence-corrected chi connectivity index (χ3v) is 0.309. The zero-order valence-electron chi connectivity index (χ0n) is 4.22. The lowest BCUT2D eigenvalue weighted by Crippen LogP contribution is -1.83. The molecule has 0 rings (SSSR count). The van der Waals surface area contributed by atoms with Crippen LogP contribution in [0.2, 0.25) is 0 Å². The van der Waals surface area contributed by atoms with Crippen LogP contribution in [0.15, 0.2) is 12.2 Å². The number of rotatable bonds is 1. The molecule has 42 valence electrons. The van der Waals surface area contributed by atoms with Crippen LogP contribution in [0.1, 0.15) is 6.92 Å². The van der Waals surface area contributed by atoms with E-state index in [9.17, 15) is 4.79 Å². The van der Waals surface area contributed by atoms with Crippen molar-refractivity contribution in [2.45, 2.75) is 6.92 Å². The predicted molar refractivity (Wildman–Crippen MR) is 33.6 cm³/mol. The highest BCUT2D eigenvalue weighted by Crippen LogP contribution is 1.65. The van der Waals surface area contributed by atoms with Crippen molar-refractivity contribution in [2.75, 3.05) is 0 Å². The Bertz CT molecular complexity index is 77.8. The third kappa shape index (κ3) is 10.7. The fourth-order valence-electron chi connectivity index (χ4n) is 0.143. The Morgan fingerprint density at radius 2 is 2.14 bits per heavy atom. The Balaban J connectivity index is 0. The van der Waals surface area contributed by atoms with Crippen molar-refractivity contribution in [1.82, 2.24) is 0 Å². The highest BCUT2D eigenvalue weighted by Gasteiger charge is 1.76. The summed E-state index contributed by atoms with van der Waals surface area (Å²) in [5.74, 6) is -0.891. The fourth-order valence-corrected chi connectivity index (χ4v) is 0.143. The topological polar surface area (TPSA) is 37.3 Å². The van der Waals surface area contributed by atoms with Crippen molar-refractivity contribution in [2.24, 2.45) is 0 Å². The molecule has 0 saturated carbocycles. The molecule has 0 heterocycles. The number of aliphatic carboxylic acids is 1. The van der Waals surface area contributed by atoms with Crippen LogP contribution < -0.4 is 0 Å². The third-order valence-electron chi connectivity index (χ3n) is 0.309. The molecule has 3 heteroatoms. The lowest BCUT2D eigenvalue weighted by molar-refractivity contribution is -0.131. The number of hydrogen-bond acceptors (Lipinski definition) is 1. The smallest absolute Gasteiger partial charge is 0.327 e. The zero-order valence-corrected chi connectivity index (χ0v) is 5.63. The van der Waals surface area contributed by atoms with Gasteiger partial charge >= 0.3 is 5.97 Å². The molecule has 0 radical (unpaired) electrons. The second kappa shape index (κ2) is 5.64. The van der Waals surface area contributed by atoms with Crippen LogP contribution in [0.4, 0.5) is 0 Å². The molecule has 2 nitrogen and oxygen atoms in total. The summed E-state index contributed by atoms with van der Waals surface area (Å²) in [7, 11) is 0. The highest BCUT2D eigenvalue weighted by atomic mass is 31.0. The quantitative estimate of drug-likeness (QED) is 0.408. The first-order valence-corrected chi connectivity index (χ1v) is 1.63. The Morgan fingerprint density at radius 3 is 2.14 bits per heavy atom. The summed E-state index contributed by atoms with van der Waals surface area (Å²) >= 11 is 0. The van der Waals surface area contributed by atoms with E-state index >= 15 is 0 Å². The SMILES string of the molecule is C/C=C/C(=O)O.P. The summed E-state index contributed by atoms with van der Waals surface area (Å²) in [6.07, 6.45) is 2.56. The molecule has 0 aliphatic heterocycles. The average Bonchev–Trinajstić information content (AvgIpc) is 1.35. The summed E-state index contributed by atoms with van der Waals surface area (Å²) in [6, 6.07) is 0. The Labute approximate surface area is 45.9 Å². The van der Waals surface area contributed by atoms with E-state index in [1.807, 2.05) is 0 Å². The lowest BCUT2D eigenvalue weighted by Gasteiger charge is -1.68. The van der Waals surface area contributed by atoms with E-state index in [1.54, 1.807) is 6.92 Å². The fraction of sp³-hybridized carbons (Fsp3) is 0.250. The predicted octanol–water partition coefficient (Wildman–Crippen LogP) is 0.705. The molecule has 0 amide bonds. The second-order valence-corrected chi connectivity index (χ2v) is 0.838. The van der Waals surface area contributed by atoms with Gasteiger partial charge in [0.1, 0.15) is 0 Å². The highest BCUT2D eigenvalue weighted by molar-refractivity contribution is 6.92. The summed E-state index contributed by atoms with van der Waals surface area (Å²) < 4.78 is 0. The van der Waals surface area contributed by atoms with E-state index in [0.717, 1.165) is 6.08 Å². The van der Waals surface area contributed by atoms with Gasteiger partial charge in [0.15, 0.2) is 0 Å². The maximum absolute atomic E-state index is 9.51. The van der Waals surface area contributed by atoms with Gasteiger partial charge in [-0.2, -0.15) is 9.90 Å². The van der Waals surface area contributed by atoms with Gasteiger partial charge in [-0.3, -0.25) is 0 Å². The van der Waals surface area contributed by atoms with E-state index in [2.05, 4.69) is 0 Å². The lowest BCUT2D eigenvalue weighted by atomic mass is 10.5. The number of allylic oxidation sites excluding steroid dienone is 1. The van der Waals surface area contributed by atoms with Gasteiger partial charge in [-0.15, -0.1) is 0 Å². The number of hydrogen-bond donors (Lipinski definition) is 1. The molecule has 7 heavy (non-hydrogen) atoms.